The highest BCUT2D eigenvalue weighted by Crippen LogP contribution is 2.25. The minimum Gasteiger partial charge on any atom is -0.458 e. The van der Waals surface area contributed by atoms with E-state index in [1.54, 1.807) is 0 Å². The van der Waals surface area contributed by atoms with Crippen molar-refractivity contribution >= 4 is 5.97 Å². The van der Waals surface area contributed by atoms with Crippen molar-refractivity contribution in [3.05, 3.63) is 11.6 Å². The van der Waals surface area contributed by atoms with Crippen LogP contribution in [-0.2, 0) is 19.0 Å². The van der Waals surface area contributed by atoms with Crippen LogP contribution in [0.2, 0.25) is 0 Å². The van der Waals surface area contributed by atoms with Gasteiger partial charge in [-0.1, -0.05) is 103 Å². The quantitative estimate of drug-likeness (QED) is 0.0615. The molecule has 1 aliphatic carbocycles. The van der Waals surface area contributed by atoms with Crippen molar-refractivity contribution < 1.29 is 34.3 Å². The van der Waals surface area contributed by atoms with Crippen molar-refractivity contribution in [3.63, 3.8) is 0 Å². The van der Waals surface area contributed by atoms with E-state index in [0.29, 0.717) is 26.2 Å². The minimum atomic E-state index is -0.506. The third-order valence-electron chi connectivity index (χ3n) is 9.15. The Balaban J connectivity index is 1.41. The van der Waals surface area contributed by atoms with Gasteiger partial charge < -0.3 is 29.5 Å². The molecule has 0 aromatic heterocycles. The lowest BCUT2D eigenvalue weighted by Gasteiger charge is -2.32. The Morgan fingerprint density at radius 3 is 1.67 bits per heavy atom. The van der Waals surface area contributed by atoms with E-state index in [4.69, 9.17) is 14.2 Å². The molecule has 1 heterocycles. The molecule has 252 valence electrons. The molecule has 5 atom stereocenters. The Morgan fingerprint density at radius 1 is 0.674 bits per heavy atom. The van der Waals surface area contributed by atoms with Crippen molar-refractivity contribution in [1.29, 1.82) is 0 Å². The number of hydrogen-bond donors (Lipinski definition) is 3. The SMILES string of the molecule is CCCCCCC(O)CCCC(O)CO[C@H]1CCCC[C@@H]1OCC(O)CCCCCCCCCCCCC1=CCOC1=O. The van der Waals surface area contributed by atoms with Crippen LogP contribution in [0.1, 0.15) is 161 Å². The third-order valence-corrected chi connectivity index (χ3v) is 9.15. The van der Waals surface area contributed by atoms with Gasteiger partial charge in [-0.15, -0.1) is 0 Å². The van der Waals surface area contributed by atoms with Gasteiger partial charge in [0.25, 0.3) is 0 Å². The van der Waals surface area contributed by atoms with E-state index in [1.165, 1.54) is 64.2 Å². The number of carbonyl (C=O) groups is 1. The fourth-order valence-corrected chi connectivity index (χ4v) is 6.33. The van der Waals surface area contributed by atoms with Crippen molar-refractivity contribution in [2.24, 2.45) is 0 Å². The largest absolute Gasteiger partial charge is 0.458 e. The van der Waals surface area contributed by atoms with Crippen molar-refractivity contribution in [3.8, 4) is 0 Å². The third kappa shape index (κ3) is 19.2. The average molecular weight is 611 g/mol. The van der Waals surface area contributed by atoms with Crippen LogP contribution in [0.4, 0.5) is 0 Å². The molecule has 3 unspecified atom stereocenters. The number of aliphatic hydroxyl groups is 3. The maximum absolute atomic E-state index is 11.4. The Bertz CT molecular complexity index is 712. The maximum atomic E-state index is 11.4. The lowest BCUT2D eigenvalue weighted by molar-refractivity contribution is -0.136. The van der Waals surface area contributed by atoms with Crippen LogP contribution in [0.5, 0.6) is 0 Å². The monoisotopic (exact) mass is 610 g/mol. The first-order chi connectivity index (χ1) is 21.0. The van der Waals surface area contributed by atoms with Crippen LogP contribution in [0.25, 0.3) is 0 Å². The van der Waals surface area contributed by atoms with E-state index in [0.717, 1.165) is 89.0 Å². The predicted molar refractivity (Wildman–Crippen MR) is 173 cm³/mol. The molecule has 1 saturated carbocycles. The van der Waals surface area contributed by atoms with Crippen LogP contribution in [0.15, 0.2) is 11.6 Å². The molecular weight excluding hydrogens is 544 g/mol. The first-order valence-electron chi connectivity index (χ1n) is 18.1. The van der Waals surface area contributed by atoms with Crippen LogP contribution < -0.4 is 0 Å². The second-order valence-electron chi connectivity index (χ2n) is 13.2. The molecule has 0 saturated heterocycles. The van der Waals surface area contributed by atoms with Gasteiger partial charge in [0, 0.05) is 5.57 Å². The molecule has 0 aromatic rings. The molecular formula is C36H66O7. The maximum Gasteiger partial charge on any atom is 0.334 e. The molecule has 1 fully saturated rings. The smallest absolute Gasteiger partial charge is 0.334 e. The lowest BCUT2D eigenvalue weighted by atomic mass is 9.94. The van der Waals surface area contributed by atoms with Gasteiger partial charge in [0.1, 0.15) is 6.61 Å². The van der Waals surface area contributed by atoms with Crippen molar-refractivity contribution in [1.82, 2.24) is 0 Å². The first-order valence-corrected chi connectivity index (χ1v) is 18.1. The standard InChI is InChI=1S/C36H66O7/c1-2-3-4-14-20-31(37)22-18-23-33(39)29-43-35-25-17-16-24-34(35)42-28-32(38)21-15-12-10-8-6-5-7-9-11-13-19-30-26-27-41-36(30)40/h26,31-35,37-39H,2-25,27-29H2,1H3/t31?,32?,33?,34-,35-/m0/s1. The highest BCUT2D eigenvalue weighted by molar-refractivity contribution is 5.90. The lowest BCUT2D eigenvalue weighted by Crippen LogP contribution is -2.38. The molecule has 43 heavy (non-hydrogen) atoms. The number of hydrogen-bond acceptors (Lipinski definition) is 7. The van der Waals surface area contributed by atoms with E-state index in [2.05, 4.69) is 6.92 Å². The summed E-state index contributed by atoms with van der Waals surface area (Å²) in [6, 6.07) is 0. The van der Waals surface area contributed by atoms with Gasteiger partial charge >= 0.3 is 5.97 Å². The Labute approximate surface area is 263 Å². The molecule has 7 heteroatoms. The topological polar surface area (TPSA) is 105 Å². The van der Waals surface area contributed by atoms with E-state index in [9.17, 15) is 20.1 Å². The molecule has 0 aromatic carbocycles. The number of carbonyl (C=O) groups excluding carboxylic acids is 1. The zero-order chi connectivity index (χ0) is 31.0. The van der Waals surface area contributed by atoms with Crippen molar-refractivity contribution in [2.75, 3.05) is 19.8 Å². The van der Waals surface area contributed by atoms with Crippen LogP contribution in [0, 0.1) is 0 Å². The summed E-state index contributed by atoms with van der Waals surface area (Å²) >= 11 is 0. The summed E-state index contributed by atoms with van der Waals surface area (Å²) in [6.07, 6.45) is 26.3. The van der Waals surface area contributed by atoms with Crippen molar-refractivity contribution in [2.45, 2.75) is 192 Å². The van der Waals surface area contributed by atoms with E-state index < -0.39 is 12.2 Å². The molecule has 0 radical (unpaired) electrons. The summed E-state index contributed by atoms with van der Waals surface area (Å²) in [6.45, 7) is 3.33. The van der Waals surface area contributed by atoms with Gasteiger partial charge in [-0.05, 0) is 63.9 Å². The van der Waals surface area contributed by atoms with E-state index >= 15 is 0 Å². The zero-order valence-electron chi connectivity index (χ0n) is 27.5. The Kier molecular flexibility index (Phi) is 22.4. The molecule has 0 bridgehead atoms. The van der Waals surface area contributed by atoms with Gasteiger partial charge in [0.05, 0.1) is 43.7 Å². The molecule has 7 nitrogen and oxygen atoms in total. The fraction of sp³-hybridized carbons (Fsp3) is 0.917. The number of unbranched alkanes of at least 4 members (excludes halogenated alkanes) is 12. The minimum absolute atomic E-state index is 0.00292. The molecule has 2 rings (SSSR count). The highest BCUT2D eigenvalue weighted by Gasteiger charge is 2.28. The van der Waals surface area contributed by atoms with Crippen LogP contribution in [-0.4, -0.2) is 71.6 Å². The second kappa shape index (κ2) is 25.2. The zero-order valence-corrected chi connectivity index (χ0v) is 27.5. The molecule has 1 aliphatic heterocycles. The normalized spacial score (nSPS) is 21.0. The van der Waals surface area contributed by atoms with Gasteiger partial charge in [0.15, 0.2) is 0 Å². The first kappa shape index (κ1) is 38.2. The molecule has 0 spiro atoms. The molecule has 2 aliphatic rings. The Hall–Kier alpha value is -0.990. The summed E-state index contributed by atoms with van der Waals surface area (Å²) in [7, 11) is 0. The van der Waals surface area contributed by atoms with Gasteiger partial charge in [-0.3, -0.25) is 0 Å². The van der Waals surface area contributed by atoms with Gasteiger partial charge in [0.2, 0.25) is 0 Å². The molecule has 0 amide bonds. The van der Waals surface area contributed by atoms with E-state index in [1.807, 2.05) is 6.08 Å². The average Bonchev–Trinajstić information content (AvgIpc) is 3.42. The number of cyclic esters (lactones) is 1. The van der Waals surface area contributed by atoms with Crippen LogP contribution >= 0.6 is 0 Å². The molecule has 3 N–H and O–H groups in total. The van der Waals surface area contributed by atoms with E-state index in [-0.39, 0.29) is 24.3 Å². The van der Waals surface area contributed by atoms with Crippen LogP contribution in [0.3, 0.4) is 0 Å². The van der Waals surface area contributed by atoms with Gasteiger partial charge in [-0.2, -0.15) is 0 Å². The second-order valence-corrected chi connectivity index (χ2v) is 13.2. The van der Waals surface area contributed by atoms with Gasteiger partial charge in [-0.25, -0.2) is 4.79 Å². The number of esters is 1. The predicted octanol–water partition coefficient (Wildman–Crippen LogP) is 7.72. The highest BCUT2D eigenvalue weighted by atomic mass is 16.6. The number of aliphatic hydroxyl groups excluding tert-OH is 3. The summed E-state index contributed by atoms with van der Waals surface area (Å²) in [5.74, 6) is -0.122. The number of rotatable bonds is 28. The summed E-state index contributed by atoms with van der Waals surface area (Å²) < 4.78 is 17.2. The summed E-state index contributed by atoms with van der Waals surface area (Å²) in [5.41, 5.74) is 0.864. The fourth-order valence-electron chi connectivity index (χ4n) is 6.33. The Morgan fingerprint density at radius 2 is 1.14 bits per heavy atom. The summed E-state index contributed by atoms with van der Waals surface area (Å²) in [5, 5.41) is 31.0. The number of ether oxygens (including phenoxy) is 3. The summed E-state index contributed by atoms with van der Waals surface area (Å²) in [4.78, 5) is 11.4.